The molecule has 1 amide bonds. The molecule has 6 nitrogen and oxygen atoms in total. The van der Waals surface area contributed by atoms with E-state index in [-0.39, 0.29) is 16.6 Å². The second-order valence-electron chi connectivity index (χ2n) is 8.72. The molecule has 0 aromatic heterocycles. The van der Waals surface area contributed by atoms with Crippen molar-refractivity contribution in [1.82, 2.24) is 5.43 Å². The Morgan fingerprint density at radius 2 is 1.51 bits per heavy atom. The van der Waals surface area contributed by atoms with E-state index in [0.717, 1.165) is 22.3 Å². The van der Waals surface area contributed by atoms with Crippen molar-refractivity contribution in [1.29, 1.82) is 0 Å². The Morgan fingerprint density at radius 1 is 0.865 bits per heavy atom. The molecule has 0 saturated heterocycles. The molecule has 0 fully saturated rings. The zero-order valence-corrected chi connectivity index (χ0v) is 21.5. The van der Waals surface area contributed by atoms with Gasteiger partial charge >= 0.3 is 10.1 Å². The molecule has 0 aliphatic heterocycles. The lowest BCUT2D eigenvalue weighted by atomic mass is 9.90. The van der Waals surface area contributed by atoms with Crippen molar-refractivity contribution < 1.29 is 17.4 Å². The van der Waals surface area contributed by atoms with Crippen LogP contribution in [0.25, 0.3) is 0 Å². The van der Waals surface area contributed by atoms with E-state index in [4.69, 9.17) is 4.18 Å². The maximum absolute atomic E-state index is 13.2. The SMILES string of the molecule is Cc1ccc(S(=O)(=O)Oc2ccccc2/C=N/NC(=O)C(Cc2ccccc2C)c2ccccc2)cc1. The number of amides is 1. The number of rotatable bonds is 9. The molecule has 0 radical (unpaired) electrons. The summed E-state index contributed by atoms with van der Waals surface area (Å²) in [6, 6.07) is 30.6. The van der Waals surface area contributed by atoms with Crippen molar-refractivity contribution in [3.05, 3.63) is 131 Å². The van der Waals surface area contributed by atoms with Crippen LogP contribution in [0, 0.1) is 13.8 Å². The highest BCUT2D eigenvalue weighted by molar-refractivity contribution is 7.87. The predicted octanol–water partition coefficient (Wildman–Crippen LogP) is 5.55. The molecule has 0 aliphatic rings. The first-order valence-electron chi connectivity index (χ1n) is 11.9. The molecule has 188 valence electrons. The Labute approximate surface area is 217 Å². The van der Waals surface area contributed by atoms with E-state index in [0.29, 0.717) is 12.0 Å². The Balaban J connectivity index is 1.52. The molecule has 4 aromatic rings. The van der Waals surface area contributed by atoms with Gasteiger partial charge in [0.25, 0.3) is 0 Å². The lowest BCUT2D eigenvalue weighted by Crippen LogP contribution is -2.27. The molecule has 0 aliphatic carbocycles. The normalized spacial score (nSPS) is 12.3. The Hall–Kier alpha value is -4.23. The third-order valence-corrected chi connectivity index (χ3v) is 7.26. The van der Waals surface area contributed by atoms with Gasteiger partial charge in [-0.3, -0.25) is 4.79 Å². The highest BCUT2D eigenvalue weighted by Crippen LogP contribution is 2.24. The molecule has 1 atom stereocenters. The Kier molecular flexibility index (Phi) is 8.15. The van der Waals surface area contributed by atoms with Gasteiger partial charge in [0.1, 0.15) is 4.90 Å². The van der Waals surface area contributed by atoms with Gasteiger partial charge in [-0.15, -0.1) is 0 Å². The Morgan fingerprint density at radius 3 is 2.24 bits per heavy atom. The number of hydrogen-bond donors (Lipinski definition) is 1. The van der Waals surface area contributed by atoms with Gasteiger partial charge in [-0.1, -0.05) is 84.4 Å². The molecule has 0 heterocycles. The Bertz CT molecular complexity index is 1500. The van der Waals surface area contributed by atoms with Gasteiger partial charge in [-0.05, 0) is 61.2 Å². The number of hydrazone groups is 1. The molecule has 4 aromatic carbocycles. The number of aryl methyl sites for hydroxylation is 2. The number of nitrogens with zero attached hydrogens (tertiary/aromatic N) is 1. The lowest BCUT2D eigenvalue weighted by Gasteiger charge is -2.17. The number of carbonyl (C=O) groups excluding carboxylic acids is 1. The van der Waals surface area contributed by atoms with Crippen molar-refractivity contribution in [2.24, 2.45) is 5.10 Å². The van der Waals surface area contributed by atoms with Crippen molar-refractivity contribution >= 4 is 22.2 Å². The van der Waals surface area contributed by atoms with Crippen LogP contribution in [-0.2, 0) is 21.3 Å². The van der Waals surface area contributed by atoms with E-state index in [2.05, 4.69) is 10.5 Å². The molecule has 7 heteroatoms. The average Bonchev–Trinajstić information content (AvgIpc) is 2.89. The van der Waals surface area contributed by atoms with Crippen LogP contribution in [0.2, 0.25) is 0 Å². The fourth-order valence-corrected chi connectivity index (χ4v) is 4.84. The van der Waals surface area contributed by atoms with Gasteiger partial charge in [0.05, 0.1) is 12.1 Å². The molecule has 4 rings (SSSR count). The van der Waals surface area contributed by atoms with Crippen LogP contribution in [0.1, 0.15) is 33.7 Å². The molecule has 0 saturated carbocycles. The van der Waals surface area contributed by atoms with Gasteiger partial charge < -0.3 is 4.18 Å². The van der Waals surface area contributed by atoms with E-state index in [9.17, 15) is 13.2 Å². The van der Waals surface area contributed by atoms with Gasteiger partial charge in [0.2, 0.25) is 5.91 Å². The first kappa shape index (κ1) is 25.9. The van der Waals surface area contributed by atoms with E-state index < -0.39 is 16.0 Å². The standard InChI is InChI=1S/C30H28N2O4S/c1-22-16-18-27(19-17-22)37(34,35)36-29-15-9-8-14-26(29)21-31-32-30(33)28(24-11-4-3-5-12-24)20-25-13-7-6-10-23(25)2/h3-19,21,28H,20H2,1-2H3,(H,32,33)/b31-21+. The largest absolute Gasteiger partial charge is 0.378 e. The molecule has 0 spiro atoms. The van der Waals surface area contributed by atoms with Crippen LogP contribution in [0.15, 0.2) is 113 Å². The number of nitrogens with one attached hydrogen (secondary N) is 1. The summed E-state index contributed by atoms with van der Waals surface area (Å²) in [5, 5.41) is 4.13. The average molecular weight is 513 g/mol. The quantitative estimate of drug-likeness (QED) is 0.181. The molecular weight excluding hydrogens is 484 g/mol. The fraction of sp³-hybridized carbons (Fsp3) is 0.133. The van der Waals surface area contributed by atoms with Crippen LogP contribution in [0.3, 0.4) is 0 Å². The molecule has 37 heavy (non-hydrogen) atoms. The molecule has 1 N–H and O–H groups in total. The summed E-state index contributed by atoms with van der Waals surface area (Å²) in [7, 11) is -4.03. The second-order valence-corrected chi connectivity index (χ2v) is 10.3. The third kappa shape index (κ3) is 6.71. The summed E-state index contributed by atoms with van der Waals surface area (Å²) in [6.45, 7) is 3.90. The summed E-state index contributed by atoms with van der Waals surface area (Å²) in [5.41, 5.74) is 7.05. The van der Waals surface area contributed by atoms with Gasteiger partial charge in [-0.2, -0.15) is 13.5 Å². The minimum Gasteiger partial charge on any atom is -0.378 e. The van der Waals surface area contributed by atoms with Crippen LogP contribution in [0.4, 0.5) is 0 Å². The zero-order valence-electron chi connectivity index (χ0n) is 20.7. The van der Waals surface area contributed by atoms with Crippen molar-refractivity contribution in [3.8, 4) is 5.75 Å². The molecule has 1 unspecified atom stereocenters. The number of hydrogen-bond acceptors (Lipinski definition) is 5. The van der Waals surface area contributed by atoms with Crippen molar-refractivity contribution in [2.75, 3.05) is 0 Å². The van der Waals surface area contributed by atoms with Gasteiger partial charge in [0, 0.05) is 5.56 Å². The fourth-order valence-electron chi connectivity index (χ4n) is 3.88. The maximum atomic E-state index is 13.2. The highest BCUT2D eigenvalue weighted by atomic mass is 32.2. The first-order chi connectivity index (χ1) is 17.8. The van der Waals surface area contributed by atoms with Crippen LogP contribution < -0.4 is 9.61 Å². The topological polar surface area (TPSA) is 84.8 Å². The van der Waals surface area contributed by atoms with E-state index in [1.165, 1.54) is 18.3 Å². The number of benzene rings is 4. The van der Waals surface area contributed by atoms with Gasteiger partial charge in [0.15, 0.2) is 5.75 Å². The smallest absolute Gasteiger partial charge is 0.339 e. The summed E-state index contributed by atoms with van der Waals surface area (Å²) in [5.74, 6) is -0.607. The summed E-state index contributed by atoms with van der Waals surface area (Å²) in [6.07, 6.45) is 1.90. The van der Waals surface area contributed by atoms with Crippen molar-refractivity contribution in [3.63, 3.8) is 0 Å². The van der Waals surface area contributed by atoms with Crippen LogP contribution in [0.5, 0.6) is 5.75 Å². The monoisotopic (exact) mass is 512 g/mol. The minimum absolute atomic E-state index is 0.0556. The second kappa shape index (κ2) is 11.7. The summed E-state index contributed by atoms with van der Waals surface area (Å²) >= 11 is 0. The van der Waals surface area contributed by atoms with E-state index >= 15 is 0 Å². The minimum atomic E-state index is -4.03. The summed E-state index contributed by atoms with van der Waals surface area (Å²) < 4.78 is 30.9. The van der Waals surface area contributed by atoms with E-state index in [1.54, 1.807) is 36.4 Å². The molecule has 0 bridgehead atoms. The number of para-hydroxylation sites is 1. The lowest BCUT2D eigenvalue weighted by molar-refractivity contribution is -0.122. The zero-order chi connectivity index (χ0) is 26.3. The van der Waals surface area contributed by atoms with Crippen LogP contribution >= 0.6 is 0 Å². The van der Waals surface area contributed by atoms with Crippen molar-refractivity contribution in [2.45, 2.75) is 31.1 Å². The van der Waals surface area contributed by atoms with E-state index in [1.807, 2.05) is 68.4 Å². The first-order valence-corrected chi connectivity index (χ1v) is 13.3. The van der Waals surface area contributed by atoms with Crippen LogP contribution in [-0.4, -0.2) is 20.5 Å². The predicted molar refractivity (Wildman–Crippen MR) is 145 cm³/mol. The third-order valence-electron chi connectivity index (χ3n) is 6.01. The molecular formula is C30H28N2O4S. The number of carbonyl (C=O) groups is 1. The summed E-state index contributed by atoms with van der Waals surface area (Å²) in [4.78, 5) is 13.3. The van der Waals surface area contributed by atoms with Gasteiger partial charge in [-0.25, -0.2) is 5.43 Å². The highest BCUT2D eigenvalue weighted by Gasteiger charge is 2.22. The maximum Gasteiger partial charge on any atom is 0.339 e.